The highest BCUT2D eigenvalue weighted by atomic mass is 16.5. The van der Waals surface area contributed by atoms with E-state index in [4.69, 9.17) is 11.5 Å². The van der Waals surface area contributed by atoms with Crippen LogP contribution in [0.3, 0.4) is 0 Å². The van der Waals surface area contributed by atoms with Crippen molar-refractivity contribution in [3.8, 4) is 0 Å². The first-order valence-electron chi connectivity index (χ1n) is 4.40. The Morgan fingerprint density at radius 1 is 1.62 bits per heavy atom. The molecule has 0 atom stereocenters. The van der Waals surface area contributed by atoms with Gasteiger partial charge >= 0.3 is 5.97 Å². The van der Waals surface area contributed by atoms with Gasteiger partial charge in [-0.3, -0.25) is 9.78 Å². The van der Waals surface area contributed by atoms with Crippen molar-refractivity contribution in [1.29, 1.82) is 0 Å². The molecular weight excluding hydrogens is 214 g/mol. The number of hydrogen-bond acceptors (Lipinski definition) is 7. The number of aromatic amines is 1. The van der Waals surface area contributed by atoms with Gasteiger partial charge in [-0.25, -0.2) is 9.79 Å². The Bertz CT molecular complexity index is 479. The predicted molar refractivity (Wildman–Crippen MR) is 58.5 cm³/mol. The largest absolute Gasteiger partial charge is 0.462 e. The van der Waals surface area contributed by atoms with Crippen LogP contribution in [0.1, 0.15) is 6.92 Å². The minimum absolute atomic E-state index is 0.113. The number of anilines is 2. The van der Waals surface area contributed by atoms with Crippen LogP contribution in [-0.4, -0.2) is 28.8 Å². The normalized spacial score (nSPS) is 10.6. The Morgan fingerprint density at radius 2 is 2.31 bits per heavy atom. The molecule has 0 bridgehead atoms. The van der Waals surface area contributed by atoms with E-state index in [1.807, 2.05) is 0 Å². The minimum atomic E-state index is -0.668. The van der Waals surface area contributed by atoms with Crippen molar-refractivity contribution in [3.05, 3.63) is 10.4 Å². The second kappa shape index (κ2) is 4.91. The fourth-order valence-electron chi connectivity index (χ4n) is 0.924. The zero-order valence-corrected chi connectivity index (χ0v) is 8.56. The molecule has 0 unspecified atom stereocenters. The average Bonchev–Trinajstić information content (AvgIpc) is 2.16. The van der Waals surface area contributed by atoms with Gasteiger partial charge in [0.2, 0.25) is 5.95 Å². The summed E-state index contributed by atoms with van der Waals surface area (Å²) in [6, 6.07) is 0. The minimum Gasteiger partial charge on any atom is -0.462 e. The van der Waals surface area contributed by atoms with Gasteiger partial charge in [0.05, 0.1) is 6.61 Å². The van der Waals surface area contributed by atoms with Gasteiger partial charge in [-0.1, -0.05) is 0 Å². The number of hydrogen-bond donors (Lipinski definition) is 3. The van der Waals surface area contributed by atoms with E-state index < -0.39 is 11.5 Å². The molecule has 1 rings (SSSR count). The van der Waals surface area contributed by atoms with E-state index in [0.717, 1.165) is 6.21 Å². The molecule has 0 aliphatic rings. The summed E-state index contributed by atoms with van der Waals surface area (Å²) in [6.45, 7) is 1.87. The van der Waals surface area contributed by atoms with Crippen LogP contribution in [0, 0.1) is 0 Å². The molecule has 1 heterocycles. The van der Waals surface area contributed by atoms with Gasteiger partial charge in [-0.15, -0.1) is 0 Å². The molecule has 0 spiro atoms. The number of nitrogens with one attached hydrogen (secondary N) is 1. The third-order valence-electron chi connectivity index (χ3n) is 1.53. The molecule has 0 saturated heterocycles. The Hall–Kier alpha value is -2.38. The van der Waals surface area contributed by atoms with E-state index in [2.05, 4.69) is 19.7 Å². The molecule has 0 aliphatic heterocycles. The number of nitrogens with two attached hydrogens (primary N) is 2. The number of aromatic nitrogens is 2. The van der Waals surface area contributed by atoms with Crippen molar-refractivity contribution in [3.63, 3.8) is 0 Å². The predicted octanol–water partition coefficient (Wildman–Crippen LogP) is -0.800. The lowest BCUT2D eigenvalue weighted by Crippen LogP contribution is -2.14. The van der Waals surface area contributed by atoms with E-state index in [1.165, 1.54) is 0 Å². The first-order valence-corrected chi connectivity index (χ1v) is 4.40. The van der Waals surface area contributed by atoms with Gasteiger partial charge < -0.3 is 16.2 Å². The zero-order valence-electron chi connectivity index (χ0n) is 8.56. The van der Waals surface area contributed by atoms with E-state index in [0.29, 0.717) is 0 Å². The second-order valence-electron chi connectivity index (χ2n) is 2.70. The molecule has 1 aromatic rings. The Kier molecular flexibility index (Phi) is 3.59. The molecule has 0 aliphatic carbocycles. The second-order valence-corrected chi connectivity index (χ2v) is 2.70. The number of carbonyl (C=O) groups excluding carboxylic acids is 1. The third-order valence-corrected chi connectivity index (χ3v) is 1.53. The average molecular weight is 225 g/mol. The molecule has 8 heteroatoms. The number of aliphatic imine (C=N–C) groups is 1. The topological polar surface area (TPSA) is 136 Å². The van der Waals surface area contributed by atoms with E-state index in [9.17, 15) is 9.59 Å². The van der Waals surface area contributed by atoms with Crippen molar-refractivity contribution in [2.75, 3.05) is 18.1 Å². The fourth-order valence-corrected chi connectivity index (χ4v) is 0.924. The molecule has 16 heavy (non-hydrogen) atoms. The van der Waals surface area contributed by atoms with E-state index in [-0.39, 0.29) is 24.1 Å². The maximum atomic E-state index is 11.3. The molecule has 86 valence electrons. The number of carbonyl (C=O) groups is 1. The van der Waals surface area contributed by atoms with Crippen LogP contribution in [0.25, 0.3) is 0 Å². The number of esters is 1. The Morgan fingerprint density at radius 3 is 2.88 bits per heavy atom. The standard InChI is InChI=1S/C8H11N5O3/c1-2-16-4(14)3-11-5-6(9)12-8(10)13-7(5)15/h3H,2H2,1H3,(H5,9,10,12,13,15). The number of nitrogen functional groups attached to an aromatic ring is 2. The lowest BCUT2D eigenvalue weighted by atomic mass is 10.5. The monoisotopic (exact) mass is 225 g/mol. The number of nitrogens with zero attached hydrogens (tertiary/aromatic N) is 2. The summed E-state index contributed by atoms with van der Waals surface area (Å²) in [6.07, 6.45) is 0.850. The molecule has 0 fully saturated rings. The number of ether oxygens (including phenoxy) is 1. The Balaban J connectivity index is 2.98. The van der Waals surface area contributed by atoms with Crippen LogP contribution in [-0.2, 0) is 9.53 Å². The molecule has 8 nitrogen and oxygen atoms in total. The summed E-state index contributed by atoms with van der Waals surface area (Å²) in [5, 5.41) is 0. The third kappa shape index (κ3) is 2.80. The first kappa shape index (κ1) is 11.7. The van der Waals surface area contributed by atoms with Crippen LogP contribution >= 0.6 is 0 Å². The molecule has 0 amide bonds. The van der Waals surface area contributed by atoms with Gasteiger partial charge in [-0.2, -0.15) is 4.98 Å². The molecule has 0 radical (unpaired) electrons. The highest BCUT2D eigenvalue weighted by Gasteiger charge is 2.06. The van der Waals surface area contributed by atoms with Gasteiger partial charge in [0.1, 0.15) is 6.21 Å². The van der Waals surface area contributed by atoms with Gasteiger partial charge in [0, 0.05) is 0 Å². The van der Waals surface area contributed by atoms with Crippen molar-refractivity contribution in [1.82, 2.24) is 9.97 Å². The fraction of sp³-hybridized carbons (Fsp3) is 0.250. The number of H-pyrrole nitrogens is 1. The van der Waals surface area contributed by atoms with Crippen LogP contribution in [0.4, 0.5) is 17.5 Å². The van der Waals surface area contributed by atoms with Crippen molar-refractivity contribution < 1.29 is 9.53 Å². The summed E-state index contributed by atoms with van der Waals surface area (Å²) >= 11 is 0. The lowest BCUT2D eigenvalue weighted by molar-refractivity contribution is -0.134. The lowest BCUT2D eigenvalue weighted by Gasteiger charge is -1.99. The first-order chi connectivity index (χ1) is 7.54. The molecular formula is C8H11N5O3. The SMILES string of the molecule is CCOC(=O)C=Nc1c(N)nc(N)[nH]c1=O. The van der Waals surface area contributed by atoms with Crippen molar-refractivity contribution in [2.24, 2.45) is 4.99 Å². The molecule has 0 saturated carbocycles. The smallest absolute Gasteiger partial charge is 0.349 e. The maximum absolute atomic E-state index is 11.3. The molecule has 5 N–H and O–H groups in total. The Labute approximate surface area is 90.3 Å². The highest BCUT2D eigenvalue weighted by molar-refractivity contribution is 6.23. The van der Waals surface area contributed by atoms with Crippen LogP contribution < -0.4 is 17.0 Å². The van der Waals surface area contributed by atoms with Gasteiger partial charge in [0.25, 0.3) is 5.56 Å². The summed E-state index contributed by atoms with van der Waals surface area (Å²) in [4.78, 5) is 31.6. The summed E-state index contributed by atoms with van der Waals surface area (Å²) in [5.74, 6) is -0.933. The summed E-state index contributed by atoms with van der Waals surface area (Å²) in [5.41, 5.74) is 9.85. The van der Waals surface area contributed by atoms with Crippen LogP contribution in [0.2, 0.25) is 0 Å². The molecule has 1 aromatic heterocycles. The molecule has 0 aromatic carbocycles. The van der Waals surface area contributed by atoms with Gasteiger partial charge in [0.15, 0.2) is 11.5 Å². The maximum Gasteiger partial charge on any atom is 0.349 e. The van der Waals surface area contributed by atoms with E-state index in [1.54, 1.807) is 6.92 Å². The highest BCUT2D eigenvalue weighted by Crippen LogP contribution is 2.12. The van der Waals surface area contributed by atoms with Gasteiger partial charge in [-0.05, 0) is 6.92 Å². The zero-order chi connectivity index (χ0) is 12.1. The van der Waals surface area contributed by atoms with Crippen molar-refractivity contribution >= 4 is 29.6 Å². The van der Waals surface area contributed by atoms with Crippen LogP contribution in [0.15, 0.2) is 9.79 Å². The van der Waals surface area contributed by atoms with E-state index >= 15 is 0 Å². The van der Waals surface area contributed by atoms with Crippen molar-refractivity contribution in [2.45, 2.75) is 6.92 Å². The summed E-state index contributed by atoms with van der Waals surface area (Å²) < 4.78 is 4.58. The van der Waals surface area contributed by atoms with Crippen LogP contribution in [0.5, 0.6) is 0 Å². The number of rotatable bonds is 3. The quantitative estimate of drug-likeness (QED) is 0.455. The summed E-state index contributed by atoms with van der Waals surface area (Å²) in [7, 11) is 0.